The monoisotopic (exact) mass is 209 g/mol. The van der Waals surface area contributed by atoms with Crippen molar-refractivity contribution in [1.82, 2.24) is 10.2 Å². The lowest BCUT2D eigenvalue weighted by Crippen LogP contribution is -2.56. The smallest absolute Gasteiger partial charge is 0.234 e. The molecule has 4 unspecified atom stereocenters. The maximum Gasteiger partial charge on any atom is 0.234 e. The Bertz CT molecular complexity index is 281. The molecule has 4 atom stereocenters. The minimum absolute atomic E-state index is 0.0316. The number of hydrogen-bond donors (Lipinski definition) is 2. The van der Waals surface area contributed by atoms with Gasteiger partial charge in [-0.25, -0.2) is 0 Å². The van der Waals surface area contributed by atoms with E-state index in [0.29, 0.717) is 6.04 Å². The van der Waals surface area contributed by atoms with Crippen LogP contribution in [0, 0.1) is 5.92 Å². The van der Waals surface area contributed by atoms with Crippen LogP contribution in [0.4, 0.5) is 0 Å². The molecule has 0 radical (unpaired) electrons. The number of carbonyl (C=O) groups is 1. The van der Waals surface area contributed by atoms with Gasteiger partial charge in [-0.05, 0) is 31.6 Å². The Kier molecular flexibility index (Phi) is 2.21. The normalized spacial score (nSPS) is 44.3. The number of nitrogens with zero attached hydrogens (tertiary/aromatic N) is 1. The lowest BCUT2D eigenvalue weighted by Gasteiger charge is -2.41. The summed E-state index contributed by atoms with van der Waals surface area (Å²) in [6, 6.07) is 1.50. The van der Waals surface area contributed by atoms with E-state index in [-0.39, 0.29) is 11.9 Å². The summed E-state index contributed by atoms with van der Waals surface area (Å²) in [5, 5.41) is 3.63. The van der Waals surface area contributed by atoms with Gasteiger partial charge in [-0.1, -0.05) is 0 Å². The average Bonchev–Trinajstić information content (AvgIpc) is 2.72. The van der Waals surface area contributed by atoms with E-state index < -0.39 is 0 Å². The van der Waals surface area contributed by atoms with Gasteiger partial charge in [0.15, 0.2) is 0 Å². The van der Waals surface area contributed by atoms with Crippen molar-refractivity contribution in [3.8, 4) is 0 Å². The molecule has 2 bridgehead atoms. The van der Waals surface area contributed by atoms with E-state index in [1.807, 2.05) is 0 Å². The Balaban J connectivity index is 1.56. The first kappa shape index (κ1) is 9.60. The van der Waals surface area contributed by atoms with Crippen molar-refractivity contribution in [3.63, 3.8) is 0 Å². The van der Waals surface area contributed by atoms with Crippen LogP contribution in [0.25, 0.3) is 0 Å². The summed E-state index contributed by atoms with van der Waals surface area (Å²) >= 11 is 0. The topological polar surface area (TPSA) is 58.4 Å². The van der Waals surface area contributed by atoms with Crippen molar-refractivity contribution in [2.75, 3.05) is 13.1 Å². The van der Waals surface area contributed by atoms with Crippen molar-refractivity contribution in [2.24, 2.45) is 11.7 Å². The summed E-state index contributed by atoms with van der Waals surface area (Å²) in [7, 11) is 0. The average molecular weight is 209 g/mol. The predicted molar refractivity (Wildman–Crippen MR) is 57.2 cm³/mol. The van der Waals surface area contributed by atoms with Crippen molar-refractivity contribution in [1.29, 1.82) is 0 Å². The third kappa shape index (κ3) is 1.56. The van der Waals surface area contributed by atoms with Crippen molar-refractivity contribution in [2.45, 2.75) is 43.8 Å². The molecule has 3 fully saturated rings. The molecule has 0 aliphatic carbocycles. The molecule has 0 aromatic carbocycles. The van der Waals surface area contributed by atoms with Crippen LogP contribution in [0.5, 0.6) is 0 Å². The number of rotatable bonds is 3. The molecule has 3 heterocycles. The standard InChI is InChI=1S/C11H19N3O/c12-11(15)10-3-4-14(10)6-7-5-8-1-2-9(7)13-8/h7-10,13H,1-6H2,(H2,12,15). The van der Waals surface area contributed by atoms with Gasteiger partial charge < -0.3 is 11.1 Å². The maximum absolute atomic E-state index is 11.1. The Hall–Kier alpha value is -0.610. The lowest BCUT2D eigenvalue weighted by atomic mass is 9.87. The summed E-state index contributed by atoms with van der Waals surface area (Å²) in [5.74, 6) is 0.614. The van der Waals surface area contributed by atoms with E-state index in [1.54, 1.807) is 0 Å². The van der Waals surface area contributed by atoms with E-state index >= 15 is 0 Å². The highest BCUT2D eigenvalue weighted by molar-refractivity contribution is 5.80. The highest BCUT2D eigenvalue weighted by Crippen LogP contribution is 2.35. The van der Waals surface area contributed by atoms with Gasteiger partial charge in [0, 0.05) is 25.2 Å². The Morgan fingerprint density at radius 3 is 2.73 bits per heavy atom. The van der Waals surface area contributed by atoms with Crippen molar-refractivity contribution < 1.29 is 4.79 Å². The maximum atomic E-state index is 11.1. The number of likely N-dealkylation sites (tertiary alicyclic amines) is 1. The van der Waals surface area contributed by atoms with Crippen LogP contribution < -0.4 is 11.1 Å². The van der Waals surface area contributed by atoms with Crippen LogP contribution in [-0.4, -0.2) is 42.0 Å². The van der Waals surface area contributed by atoms with Gasteiger partial charge in [0.05, 0.1) is 6.04 Å². The van der Waals surface area contributed by atoms with Crippen LogP contribution >= 0.6 is 0 Å². The van der Waals surface area contributed by atoms with E-state index in [4.69, 9.17) is 5.73 Å². The second-order valence-corrected chi connectivity index (χ2v) is 5.24. The Morgan fingerprint density at radius 1 is 1.40 bits per heavy atom. The predicted octanol–water partition coefficient (Wildman–Crippen LogP) is -0.313. The fourth-order valence-electron chi connectivity index (χ4n) is 3.42. The molecule has 84 valence electrons. The summed E-state index contributed by atoms with van der Waals surface area (Å²) < 4.78 is 0. The molecule has 1 amide bonds. The van der Waals surface area contributed by atoms with Gasteiger partial charge in [-0.2, -0.15) is 0 Å². The summed E-state index contributed by atoms with van der Waals surface area (Å²) in [5.41, 5.74) is 5.34. The Morgan fingerprint density at radius 2 is 2.27 bits per heavy atom. The third-order valence-corrected chi connectivity index (χ3v) is 4.36. The largest absolute Gasteiger partial charge is 0.368 e. The number of nitrogens with two attached hydrogens (primary N) is 1. The molecule has 0 spiro atoms. The zero-order chi connectivity index (χ0) is 10.4. The fourth-order valence-corrected chi connectivity index (χ4v) is 3.42. The van der Waals surface area contributed by atoms with Crippen LogP contribution in [0.2, 0.25) is 0 Å². The van der Waals surface area contributed by atoms with Gasteiger partial charge in [-0.15, -0.1) is 0 Å². The highest BCUT2D eigenvalue weighted by Gasteiger charge is 2.42. The highest BCUT2D eigenvalue weighted by atomic mass is 16.1. The molecule has 4 nitrogen and oxygen atoms in total. The molecule has 4 heteroatoms. The number of nitrogens with one attached hydrogen (secondary N) is 1. The quantitative estimate of drug-likeness (QED) is 0.670. The molecule has 3 aliphatic heterocycles. The number of primary amides is 1. The molecule has 0 aromatic rings. The van der Waals surface area contributed by atoms with Crippen molar-refractivity contribution in [3.05, 3.63) is 0 Å². The minimum atomic E-state index is -0.141. The summed E-state index contributed by atoms with van der Waals surface area (Å²) in [4.78, 5) is 13.3. The number of amides is 1. The second kappa shape index (κ2) is 3.46. The summed E-state index contributed by atoms with van der Waals surface area (Å²) in [6.45, 7) is 2.13. The SMILES string of the molecule is NC(=O)C1CCN1CC1CC2CCC1N2. The molecule has 0 aromatic heterocycles. The summed E-state index contributed by atoms with van der Waals surface area (Å²) in [6.07, 6.45) is 4.93. The minimum Gasteiger partial charge on any atom is -0.368 e. The van der Waals surface area contributed by atoms with Gasteiger partial charge in [-0.3, -0.25) is 9.69 Å². The molecule has 15 heavy (non-hydrogen) atoms. The molecular weight excluding hydrogens is 190 g/mol. The van der Waals surface area contributed by atoms with Crippen molar-refractivity contribution >= 4 is 5.91 Å². The van der Waals surface area contributed by atoms with Gasteiger partial charge in [0.1, 0.15) is 0 Å². The fraction of sp³-hybridized carbons (Fsp3) is 0.909. The van der Waals surface area contributed by atoms with Crippen LogP contribution in [0.1, 0.15) is 25.7 Å². The second-order valence-electron chi connectivity index (χ2n) is 5.24. The van der Waals surface area contributed by atoms with Gasteiger partial charge >= 0.3 is 0 Å². The first-order valence-electron chi connectivity index (χ1n) is 6.03. The van der Waals surface area contributed by atoms with E-state index in [0.717, 1.165) is 31.5 Å². The molecule has 3 N–H and O–H groups in total. The van der Waals surface area contributed by atoms with E-state index in [2.05, 4.69) is 10.2 Å². The molecule has 3 aliphatic rings. The zero-order valence-corrected chi connectivity index (χ0v) is 8.98. The molecular formula is C11H19N3O. The third-order valence-electron chi connectivity index (χ3n) is 4.36. The van der Waals surface area contributed by atoms with Crippen LogP contribution in [-0.2, 0) is 4.79 Å². The van der Waals surface area contributed by atoms with Gasteiger partial charge in [0.2, 0.25) is 5.91 Å². The first-order valence-corrected chi connectivity index (χ1v) is 6.03. The number of carbonyl (C=O) groups excluding carboxylic acids is 1. The van der Waals surface area contributed by atoms with Crippen LogP contribution in [0.3, 0.4) is 0 Å². The van der Waals surface area contributed by atoms with E-state index in [1.165, 1.54) is 19.3 Å². The molecule has 3 rings (SSSR count). The number of fused-ring (bicyclic) bond motifs is 2. The van der Waals surface area contributed by atoms with Gasteiger partial charge in [0.25, 0.3) is 0 Å². The van der Waals surface area contributed by atoms with E-state index in [9.17, 15) is 4.79 Å². The number of hydrogen-bond acceptors (Lipinski definition) is 3. The Labute approximate surface area is 90.2 Å². The first-order chi connectivity index (χ1) is 7.24. The lowest BCUT2D eigenvalue weighted by molar-refractivity contribution is -0.128. The zero-order valence-electron chi connectivity index (χ0n) is 8.98. The van der Waals surface area contributed by atoms with Crippen LogP contribution in [0.15, 0.2) is 0 Å². The molecule has 0 saturated carbocycles. The molecule has 3 saturated heterocycles.